The van der Waals surface area contributed by atoms with E-state index in [9.17, 15) is 18.9 Å². The van der Waals surface area contributed by atoms with E-state index in [0.29, 0.717) is 31.2 Å². The van der Waals surface area contributed by atoms with Crippen LogP contribution in [0.3, 0.4) is 0 Å². The fourth-order valence-electron chi connectivity index (χ4n) is 6.83. The third-order valence-corrected chi connectivity index (χ3v) is 10.7. The minimum Gasteiger partial charge on any atom is -0.388 e. The van der Waals surface area contributed by atoms with Crippen LogP contribution in [0.4, 0.5) is 10.6 Å². The van der Waals surface area contributed by atoms with Gasteiger partial charge < -0.3 is 15.7 Å². The number of nitrogens with zero attached hydrogens (tertiary/aromatic N) is 5. The van der Waals surface area contributed by atoms with Gasteiger partial charge >= 0.3 is 6.03 Å². The van der Waals surface area contributed by atoms with Crippen molar-refractivity contribution < 1.29 is 18.9 Å². The van der Waals surface area contributed by atoms with Gasteiger partial charge in [-0.1, -0.05) is 18.2 Å². The molecule has 0 bridgehead atoms. The molecule has 3 aliphatic heterocycles. The molecule has 1 aromatic heterocycles. The molecule has 0 spiro atoms. The quantitative estimate of drug-likeness (QED) is 0.352. The standard InChI is InChI=1S/C32H43N7O4S/c1-32(42,20-22-4-3-5-26(18-22)44(43)38-15-10-25(33)11-16-38)21-37-13-8-23(9-14-37)24-6-7-27-28(19-24)36(2)35-30(27)39-17-12-29(40)34-31(39)41/h3-7,18-19,23,25,42H,8-17,20-21,33H2,1-2H3,(H,34,40,41). The van der Waals surface area contributed by atoms with Crippen molar-refractivity contribution in [3.63, 3.8) is 0 Å². The van der Waals surface area contributed by atoms with Crippen LogP contribution in [-0.4, -0.2) is 91.2 Å². The van der Waals surface area contributed by atoms with Crippen LogP contribution in [0.25, 0.3) is 10.9 Å². The summed E-state index contributed by atoms with van der Waals surface area (Å²) >= 11 is 0. The Morgan fingerprint density at radius 1 is 1.05 bits per heavy atom. The molecule has 3 fully saturated rings. The molecule has 236 valence electrons. The first-order valence-corrected chi connectivity index (χ1v) is 16.7. The van der Waals surface area contributed by atoms with Crippen LogP contribution in [0.15, 0.2) is 47.4 Å². The fraction of sp³-hybridized carbons (Fsp3) is 0.531. The Labute approximate surface area is 260 Å². The van der Waals surface area contributed by atoms with Gasteiger partial charge in [0, 0.05) is 57.5 Å². The third kappa shape index (κ3) is 6.74. The van der Waals surface area contributed by atoms with Gasteiger partial charge in [-0.2, -0.15) is 5.10 Å². The second-order valence-corrected chi connectivity index (χ2v) is 14.4. The molecule has 3 aromatic rings. The summed E-state index contributed by atoms with van der Waals surface area (Å²) in [5.41, 5.74) is 8.30. The number of β-amino-alcohol motifs (C(OH)–C–C–N with tert-alkyl or cyclic N) is 1. The van der Waals surface area contributed by atoms with Gasteiger partial charge in [0.1, 0.15) is 11.0 Å². The van der Waals surface area contributed by atoms with E-state index in [2.05, 4.69) is 27.4 Å². The van der Waals surface area contributed by atoms with Gasteiger partial charge in [0.15, 0.2) is 5.82 Å². The average molecular weight is 622 g/mol. The number of hydrogen-bond acceptors (Lipinski definition) is 7. The summed E-state index contributed by atoms with van der Waals surface area (Å²) in [5, 5.41) is 19.3. The number of likely N-dealkylation sites (tertiary alicyclic amines) is 1. The summed E-state index contributed by atoms with van der Waals surface area (Å²) in [5.74, 6) is 0.706. The van der Waals surface area contributed by atoms with Gasteiger partial charge in [-0.3, -0.25) is 19.7 Å². The molecule has 4 heterocycles. The Morgan fingerprint density at radius 3 is 2.52 bits per heavy atom. The molecule has 4 N–H and O–H groups in total. The Hall–Kier alpha value is -3.16. The number of amides is 3. The Kier molecular flexibility index (Phi) is 8.89. The average Bonchev–Trinajstić information content (AvgIpc) is 3.32. The lowest BCUT2D eigenvalue weighted by Gasteiger charge is -2.37. The maximum absolute atomic E-state index is 13.2. The largest absolute Gasteiger partial charge is 0.388 e. The highest BCUT2D eigenvalue weighted by Crippen LogP contribution is 2.34. The number of carbonyl (C=O) groups is 2. The van der Waals surface area contributed by atoms with Gasteiger partial charge in [-0.05, 0) is 87.0 Å². The summed E-state index contributed by atoms with van der Waals surface area (Å²) in [7, 11) is 0.661. The van der Waals surface area contributed by atoms with Crippen molar-refractivity contribution in [1.29, 1.82) is 0 Å². The van der Waals surface area contributed by atoms with E-state index in [0.717, 1.165) is 73.2 Å². The molecule has 11 nitrogen and oxygen atoms in total. The second-order valence-electron chi connectivity index (χ2n) is 12.9. The molecular formula is C32H43N7O4S. The first-order valence-electron chi connectivity index (χ1n) is 15.6. The number of piperidine rings is 2. The molecule has 3 aliphatic rings. The van der Waals surface area contributed by atoms with Crippen molar-refractivity contribution in [2.45, 2.75) is 67.9 Å². The van der Waals surface area contributed by atoms with Gasteiger partial charge in [-0.15, -0.1) is 0 Å². The summed E-state index contributed by atoms with van der Waals surface area (Å²) in [6.07, 6.45) is 4.44. The number of hydrogen-bond donors (Lipinski definition) is 3. The molecular weight excluding hydrogens is 578 g/mol. The van der Waals surface area contributed by atoms with Crippen molar-refractivity contribution in [3.8, 4) is 0 Å². The van der Waals surface area contributed by atoms with Crippen LogP contribution in [-0.2, 0) is 29.2 Å². The number of imide groups is 1. The minimum atomic E-state index is -1.22. The molecule has 3 saturated heterocycles. The zero-order valence-electron chi connectivity index (χ0n) is 25.6. The van der Waals surface area contributed by atoms with Crippen LogP contribution >= 0.6 is 0 Å². The molecule has 44 heavy (non-hydrogen) atoms. The maximum Gasteiger partial charge on any atom is 0.329 e. The predicted molar refractivity (Wildman–Crippen MR) is 171 cm³/mol. The molecule has 2 atom stereocenters. The highest BCUT2D eigenvalue weighted by Gasteiger charge is 2.31. The zero-order valence-corrected chi connectivity index (χ0v) is 26.4. The van der Waals surface area contributed by atoms with Crippen molar-refractivity contribution in [1.82, 2.24) is 24.3 Å². The normalized spacial score (nSPS) is 21.9. The topological polar surface area (TPSA) is 137 Å². The van der Waals surface area contributed by atoms with E-state index >= 15 is 0 Å². The number of aliphatic hydroxyl groups is 1. The van der Waals surface area contributed by atoms with Crippen LogP contribution in [0, 0.1) is 0 Å². The van der Waals surface area contributed by atoms with E-state index in [4.69, 9.17) is 5.73 Å². The van der Waals surface area contributed by atoms with E-state index in [1.54, 1.807) is 4.68 Å². The maximum atomic E-state index is 13.2. The summed E-state index contributed by atoms with van der Waals surface area (Å²) in [4.78, 5) is 28.7. The van der Waals surface area contributed by atoms with Crippen LogP contribution in [0.2, 0.25) is 0 Å². The van der Waals surface area contributed by atoms with E-state index < -0.39 is 22.6 Å². The predicted octanol–water partition coefficient (Wildman–Crippen LogP) is 2.64. The molecule has 12 heteroatoms. The van der Waals surface area contributed by atoms with Crippen LogP contribution in [0.1, 0.15) is 56.1 Å². The number of anilines is 1. The molecule has 6 rings (SSSR count). The number of aromatic nitrogens is 2. The Bertz CT molecular complexity index is 1560. The van der Waals surface area contributed by atoms with E-state index in [1.165, 1.54) is 10.5 Å². The van der Waals surface area contributed by atoms with Crippen molar-refractivity contribution >= 4 is 39.6 Å². The molecule has 2 aromatic carbocycles. The van der Waals surface area contributed by atoms with Crippen LogP contribution < -0.4 is 16.0 Å². The molecule has 3 amide bonds. The van der Waals surface area contributed by atoms with E-state index in [1.807, 2.05) is 48.6 Å². The molecule has 0 saturated carbocycles. The first kappa shape index (κ1) is 30.8. The highest BCUT2D eigenvalue weighted by atomic mass is 32.2. The lowest BCUT2D eigenvalue weighted by Crippen LogP contribution is -2.49. The lowest BCUT2D eigenvalue weighted by atomic mass is 9.88. The van der Waals surface area contributed by atoms with Gasteiger partial charge in [0.05, 0.1) is 16.0 Å². The SMILES string of the molecule is Cn1nc(N2CCC(=O)NC2=O)c2ccc(C3CCN(CC(C)(O)Cc4cccc(S(=O)N5CCC(N)CC5)c4)CC3)cc21. The van der Waals surface area contributed by atoms with Gasteiger partial charge in [0.2, 0.25) is 5.91 Å². The number of aryl methyl sites for hydroxylation is 1. The third-order valence-electron chi connectivity index (χ3n) is 9.21. The number of carbonyl (C=O) groups excluding carboxylic acids is 2. The monoisotopic (exact) mass is 621 g/mol. The Balaban J connectivity index is 1.05. The highest BCUT2D eigenvalue weighted by molar-refractivity contribution is 7.82. The number of urea groups is 1. The van der Waals surface area contributed by atoms with Crippen molar-refractivity contribution in [3.05, 3.63) is 53.6 Å². The molecule has 2 unspecified atom stereocenters. The summed E-state index contributed by atoms with van der Waals surface area (Å²) in [6, 6.07) is 13.9. The Morgan fingerprint density at radius 2 is 1.80 bits per heavy atom. The summed E-state index contributed by atoms with van der Waals surface area (Å²) in [6.45, 7) is 6.03. The summed E-state index contributed by atoms with van der Waals surface area (Å²) < 4.78 is 17.0. The second kappa shape index (κ2) is 12.7. The smallest absolute Gasteiger partial charge is 0.329 e. The van der Waals surface area contributed by atoms with Crippen molar-refractivity contribution in [2.24, 2.45) is 12.8 Å². The zero-order chi connectivity index (χ0) is 31.0. The van der Waals surface area contributed by atoms with Gasteiger partial charge in [-0.25, -0.2) is 13.3 Å². The number of fused-ring (bicyclic) bond motifs is 1. The molecule has 0 aliphatic carbocycles. The van der Waals surface area contributed by atoms with Crippen molar-refractivity contribution in [2.75, 3.05) is 44.2 Å². The van der Waals surface area contributed by atoms with E-state index in [-0.39, 0.29) is 18.4 Å². The fourth-order valence-corrected chi connectivity index (χ4v) is 8.12. The van der Waals surface area contributed by atoms with Gasteiger partial charge in [0.25, 0.3) is 0 Å². The number of rotatable bonds is 8. The lowest BCUT2D eigenvalue weighted by molar-refractivity contribution is -0.120. The molecule has 0 radical (unpaired) electrons. The van der Waals surface area contributed by atoms with Crippen LogP contribution in [0.5, 0.6) is 0 Å². The minimum absolute atomic E-state index is 0.192. The first-order chi connectivity index (χ1) is 21.1. The number of nitrogens with one attached hydrogen (secondary N) is 1. The number of nitrogens with two attached hydrogens (primary N) is 1. The number of benzene rings is 2.